The molecule has 2 N–H and O–H groups in total. The molecule has 21 heavy (non-hydrogen) atoms. The van der Waals surface area contributed by atoms with Gasteiger partial charge in [0.2, 0.25) is 5.91 Å². The van der Waals surface area contributed by atoms with Gasteiger partial charge in [-0.25, -0.2) is 9.89 Å². The van der Waals surface area contributed by atoms with Crippen molar-refractivity contribution in [2.24, 2.45) is 5.92 Å². The Morgan fingerprint density at radius 3 is 2.62 bits per heavy atom. The lowest BCUT2D eigenvalue weighted by molar-refractivity contribution is -0.129. The molecular weight excluding hydrogens is 288 g/mol. The first-order chi connectivity index (χ1) is 10.2. The third-order valence-corrected chi connectivity index (χ3v) is 5.16. The summed E-state index contributed by atoms with van der Waals surface area (Å²) < 4.78 is 0. The van der Waals surface area contributed by atoms with Crippen LogP contribution in [0.5, 0.6) is 0 Å². The Kier molecular flexibility index (Phi) is 4.67. The highest BCUT2D eigenvalue weighted by atomic mass is 32.2. The number of amides is 1. The number of aromatic amines is 2. The lowest BCUT2D eigenvalue weighted by atomic mass is 9.89. The minimum absolute atomic E-state index is 0.178. The van der Waals surface area contributed by atoms with Crippen LogP contribution in [0.25, 0.3) is 0 Å². The van der Waals surface area contributed by atoms with Crippen molar-refractivity contribution in [1.29, 1.82) is 0 Å². The molecule has 1 aromatic heterocycles. The third-order valence-electron chi connectivity index (χ3n) is 4.30. The fourth-order valence-corrected chi connectivity index (χ4v) is 3.73. The summed E-state index contributed by atoms with van der Waals surface area (Å²) in [6.07, 6.45) is 8.76. The van der Waals surface area contributed by atoms with Crippen LogP contribution in [0.15, 0.2) is 9.95 Å². The van der Waals surface area contributed by atoms with Crippen LogP contribution in [-0.2, 0) is 4.79 Å². The molecule has 0 aliphatic heterocycles. The number of aromatic nitrogens is 3. The number of nitrogens with zero attached hydrogens (tertiary/aromatic N) is 2. The third kappa shape index (κ3) is 4.12. The lowest BCUT2D eigenvalue weighted by Crippen LogP contribution is -2.38. The molecule has 116 valence electrons. The van der Waals surface area contributed by atoms with Crippen LogP contribution in [0.4, 0.5) is 0 Å². The average molecular weight is 310 g/mol. The Balaban J connectivity index is 1.52. The molecule has 7 heteroatoms. The van der Waals surface area contributed by atoms with Crippen LogP contribution >= 0.6 is 11.8 Å². The van der Waals surface area contributed by atoms with Gasteiger partial charge in [0.05, 0.1) is 5.75 Å². The quantitative estimate of drug-likeness (QED) is 0.784. The summed E-state index contributed by atoms with van der Waals surface area (Å²) in [5.41, 5.74) is -0.328. The predicted molar refractivity (Wildman–Crippen MR) is 81.2 cm³/mol. The second kappa shape index (κ2) is 6.68. The van der Waals surface area contributed by atoms with Gasteiger partial charge in [0.15, 0.2) is 5.16 Å². The van der Waals surface area contributed by atoms with Crippen LogP contribution in [-0.4, -0.2) is 44.3 Å². The summed E-state index contributed by atoms with van der Waals surface area (Å²) in [4.78, 5) is 28.1. The fraction of sp³-hybridized carbons (Fsp3) is 0.786. The highest BCUT2D eigenvalue weighted by molar-refractivity contribution is 7.99. The van der Waals surface area contributed by atoms with Gasteiger partial charge < -0.3 is 4.90 Å². The first-order valence-corrected chi connectivity index (χ1v) is 8.78. The number of thioether (sulfide) groups is 1. The van der Waals surface area contributed by atoms with Crippen molar-refractivity contribution in [2.45, 2.75) is 56.1 Å². The van der Waals surface area contributed by atoms with Crippen molar-refractivity contribution in [3.05, 3.63) is 10.5 Å². The number of rotatable bonds is 6. The van der Waals surface area contributed by atoms with Crippen molar-refractivity contribution in [3.8, 4) is 0 Å². The van der Waals surface area contributed by atoms with E-state index in [0.717, 1.165) is 19.4 Å². The van der Waals surface area contributed by atoms with Gasteiger partial charge in [-0.15, -0.1) is 5.10 Å². The summed E-state index contributed by atoms with van der Waals surface area (Å²) >= 11 is 1.30. The molecule has 1 heterocycles. The average Bonchev–Trinajstić information content (AvgIpc) is 3.25. The van der Waals surface area contributed by atoms with Crippen molar-refractivity contribution in [2.75, 3.05) is 12.3 Å². The molecule has 2 aliphatic rings. The molecule has 2 aliphatic carbocycles. The van der Waals surface area contributed by atoms with Gasteiger partial charge in [-0.3, -0.25) is 9.78 Å². The van der Waals surface area contributed by atoms with Gasteiger partial charge in [0, 0.05) is 12.6 Å². The van der Waals surface area contributed by atoms with E-state index in [1.54, 1.807) is 0 Å². The Hall–Kier alpha value is -1.24. The zero-order valence-corrected chi connectivity index (χ0v) is 13.0. The number of carbonyl (C=O) groups excluding carboxylic acids is 1. The Morgan fingerprint density at radius 2 is 2.00 bits per heavy atom. The SMILES string of the molecule is O=C(CSc1n[nH]c(=O)[nH]1)N(CC1CCCCC1)C1CC1. The number of hydrogen-bond donors (Lipinski definition) is 2. The molecule has 0 aromatic carbocycles. The summed E-state index contributed by atoms with van der Waals surface area (Å²) in [6.45, 7) is 0.918. The molecule has 0 radical (unpaired) electrons. The van der Waals surface area contributed by atoms with Gasteiger partial charge in [-0.05, 0) is 31.6 Å². The van der Waals surface area contributed by atoms with Gasteiger partial charge >= 0.3 is 5.69 Å². The van der Waals surface area contributed by atoms with Crippen molar-refractivity contribution in [3.63, 3.8) is 0 Å². The van der Waals surface area contributed by atoms with E-state index in [1.807, 2.05) is 0 Å². The number of H-pyrrole nitrogens is 2. The first kappa shape index (κ1) is 14.7. The van der Waals surface area contributed by atoms with E-state index >= 15 is 0 Å². The molecule has 0 atom stereocenters. The van der Waals surface area contributed by atoms with Crippen LogP contribution < -0.4 is 5.69 Å². The van der Waals surface area contributed by atoms with E-state index in [1.165, 1.54) is 43.9 Å². The van der Waals surface area contributed by atoms with E-state index in [0.29, 0.717) is 22.9 Å². The Bertz CT molecular complexity index is 531. The normalized spacial score (nSPS) is 19.6. The van der Waals surface area contributed by atoms with Gasteiger partial charge in [-0.1, -0.05) is 31.0 Å². The largest absolute Gasteiger partial charge is 0.341 e. The molecule has 1 amide bonds. The number of hydrogen-bond acceptors (Lipinski definition) is 4. The van der Waals surface area contributed by atoms with E-state index < -0.39 is 0 Å². The monoisotopic (exact) mass is 310 g/mol. The zero-order chi connectivity index (χ0) is 14.7. The standard InChI is InChI=1S/C14H22N4O2S/c19-12(9-21-14-15-13(20)16-17-14)18(11-6-7-11)8-10-4-2-1-3-5-10/h10-11H,1-9H2,(H2,15,16,17,20). The maximum atomic E-state index is 12.5. The minimum Gasteiger partial charge on any atom is -0.339 e. The number of carbonyl (C=O) groups is 1. The Labute approximate surface area is 128 Å². The van der Waals surface area contributed by atoms with E-state index in [2.05, 4.69) is 20.1 Å². The molecule has 6 nitrogen and oxygen atoms in total. The summed E-state index contributed by atoms with van der Waals surface area (Å²) in [6, 6.07) is 0.457. The van der Waals surface area contributed by atoms with Crippen molar-refractivity contribution < 1.29 is 4.79 Å². The fourth-order valence-electron chi connectivity index (χ4n) is 3.02. The van der Waals surface area contributed by atoms with E-state index in [4.69, 9.17) is 0 Å². The molecule has 2 fully saturated rings. The predicted octanol–water partition coefficient (Wildman–Crippen LogP) is 1.76. The second-order valence-electron chi connectivity index (χ2n) is 6.05. The van der Waals surface area contributed by atoms with E-state index in [9.17, 15) is 9.59 Å². The van der Waals surface area contributed by atoms with Crippen LogP contribution in [0.3, 0.4) is 0 Å². The smallest absolute Gasteiger partial charge is 0.339 e. The van der Waals surface area contributed by atoms with Gasteiger partial charge in [-0.2, -0.15) is 0 Å². The second-order valence-corrected chi connectivity index (χ2v) is 7.02. The molecule has 1 aromatic rings. The first-order valence-electron chi connectivity index (χ1n) is 7.79. The molecule has 0 bridgehead atoms. The topological polar surface area (TPSA) is 81.8 Å². The minimum atomic E-state index is -0.328. The zero-order valence-electron chi connectivity index (χ0n) is 12.1. The maximum Gasteiger partial charge on any atom is 0.341 e. The molecule has 0 unspecified atom stereocenters. The summed E-state index contributed by atoms with van der Waals surface area (Å²) in [5, 5.41) is 6.63. The maximum absolute atomic E-state index is 12.5. The van der Waals surface area contributed by atoms with Crippen LogP contribution in [0.2, 0.25) is 0 Å². The van der Waals surface area contributed by atoms with Crippen LogP contribution in [0.1, 0.15) is 44.9 Å². The van der Waals surface area contributed by atoms with Crippen molar-refractivity contribution in [1.82, 2.24) is 20.1 Å². The summed E-state index contributed by atoms with van der Waals surface area (Å²) in [7, 11) is 0. The highest BCUT2D eigenvalue weighted by Crippen LogP contribution is 2.32. The molecule has 2 saturated carbocycles. The van der Waals surface area contributed by atoms with Gasteiger partial charge in [0.1, 0.15) is 0 Å². The van der Waals surface area contributed by atoms with Crippen molar-refractivity contribution >= 4 is 17.7 Å². The van der Waals surface area contributed by atoms with Crippen LogP contribution in [0, 0.1) is 5.92 Å². The van der Waals surface area contributed by atoms with E-state index in [-0.39, 0.29) is 11.6 Å². The Morgan fingerprint density at radius 1 is 1.24 bits per heavy atom. The highest BCUT2D eigenvalue weighted by Gasteiger charge is 2.34. The number of nitrogens with one attached hydrogen (secondary N) is 2. The molecule has 3 rings (SSSR count). The van der Waals surface area contributed by atoms with Gasteiger partial charge in [0.25, 0.3) is 0 Å². The summed E-state index contributed by atoms with van der Waals surface area (Å²) in [5.74, 6) is 1.21. The lowest BCUT2D eigenvalue weighted by Gasteiger charge is -2.29. The molecular formula is C14H22N4O2S. The molecule has 0 saturated heterocycles. The molecule has 0 spiro atoms.